The van der Waals surface area contributed by atoms with Gasteiger partial charge < -0.3 is 4.74 Å². The van der Waals surface area contributed by atoms with Gasteiger partial charge in [0.2, 0.25) is 0 Å². The summed E-state index contributed by atoms with van der Waals surface area (Å²) in [6.07, 6.45) is 4.36. The molecule has 2 atom stereocenters. The Kier molecular flexibility index (Phi) is 4.53. The fourth-order valence-electron chi connectivity index (χ4n) is 1.94. The van der Waals surface area contributed by atoms with Crippen molar-refractivity contribution < 1.29 is 14.3 Å². The first kappa shape index (κ1) is 12.0. The number of ketones is 1. The van der Waals surface area contributed by atoms with Crippen LogP contribution in [0.25, 0.3) is 0 Å². The standard InChI is InChI=1S/C12H18O3/c1-3-9-5-6-10(11(13)7-9)8-12(14)15-4-2/h3,9-10H,1,4-8H2,2H3/t9-,10-/m1/s1. The smallest absolute Gasteiger partial charge is 0.306 e. The monoisotopic (exact) mass is 210 g/mol. The van der Waals surface area contributed by atoms with E-state index >= 15 is 0 Å². The highest BCUT2D eigenvalue weighted by Gasteiger charge is 2.29. The number of Topliss-reactive ketones (excluding diaryl/α,β-unsaturated/α-hetero) is 1. The topological polar surface area (TPSA) is 43.4 Å². The van der Waals surface area contributed by atoms with Crippen LogP contribution in [-0.4, -0.2) is 18.4 Å². The van der Waals surface area contributed by atoms with E-state index in [1.807, 2.05) is 6.08 Å². The van der Waals surface area contributed by atoms with Crippen molar-refractivity contribution in [1.82, 2.24) is 0 Å². The zero-order valence-electron chi connectivity index (χ0n) is 9.20. The summed E-state index contributed by atoms with van der Waals surface area (Å²) in [4.78, 5) is 22.9. The number of rotatable bonds is 4. The van der Waals surface area contributed by atoms with Crippen LogP contribution in [0.2, 0.25) is 0 Å². The third-order valence-corrected chi connectivity index (χ3v) is 2.86. The van der Waals surface area contributed by atoms with E-state index < -0.39 is 0 Å². The Morgan fingerprint density at radius 2 is 2.33 bits per heavy atom. The van der Waals surface area contributed by atoms with Gasteiger partial charge in [-0.25, -0.2) is 0 Å². The Morgan fingerprint density at radius 1 is 1.60 bits per heavy atom. The van der Waals surface area contributed by atoms with E-state index in [1.54, 1.807) is 6.92 Å². The SMILES string of the molecule is C=C[C@@H]1CC[C@H](CC(=O)OCC)C(=O)C1. The van der Waals surface area contributed by atoms with E-state index in [2.05, 4.69) is 6.58 Å². The largest absolute Gasteiger partial charge is 0.466 e. The fourth-order valence-corrected chi connectivity index (χ4v) is 1.94. The first-order valence-corrected chi connectivity index (χ1v) is 5.48. The molecule has 1 aliphatic carbocycles. The molecular formula is C12H18O3. The molecule has 3 heteroatoms. The molecule has 0 aliphatic heterocycles. The van der Waals surface area contributed by atoms with E-state index in [-0.39, 0.29) is 24.1 Å². The molecule has 3 nitrogen and oxygen atoms in total. The van der Waals surface area contributed by atoms with E-state index in [9.17, 15) is 9.59 Å². The maximum atomic E-state index is 11.6. The molecule has 0 aromatic heterocycles. The number of allylic oxidation sites excluding steroid dienone is 1. The van der Waals surface area contributed by atoms with Crippen LogP contribution >= 0.6 is 0 Å². The predicted molar refractivity (Wildman–Crippen MR) is 57.3 cm³/mol. The first-order chi connectivity index (χ1) is 7.17. The fraction of sp³-hybridized carbons (Fsp3) is 0.667. The molecule has 1 rings (SSSR count). The zero-order valence-corrected chi connectivity index (χ0v) is 9.20. The Morgan fingerprint density at radius 3 is 2.87 bits per heavy atom. The summed E-state index contributed by atoms with van der Waals surface area (Å²) in [5.74, 6) is 0.100. The molecule has 1 aliphatic rings. The van der Waals surface area contributed by atoms with Gasteiger partial charge in [0.15, 0.2) is 0 Å². The van der Waals surface area contributed by atoms with Crippen molar-refractivity contribution >= 4 is 11.8 Å². The predicted octanol–water partition coefficient (Wildman–Crippen LogP) is 2.11. The van der Waals surface area contributed by atoms with E-state index in [4.69, 9.17) is 4.74 Å². The molecule has 1 saturated carbocycles. The molecular weight excluding hydrogens is 192 g/mol. The van der Waals surface area contributed by atoms with Crippen LogP contribution in [0.4, 0.5) is 0 Å². The molecule has 0 heterocycles. The summed E-state index contributed by atoms with van der Waals surface area (Å²) in [6.45, 7) is 5.85. The summed E-state index contributed by atoms with van der Waals surface area (Å²) in [5.41, 5.74) is 0. The van der Waals surface area contributed by atoms with Gasteiger partial charge in [0.05, 0.1) is 13.0 Å². The van der Waals surface area contributed by atoms with Gasteiger partial charge in [-0.05, 0) is 25.7 Å². The third-order valence-electron chi connectivity index (χ3n) is 2.86. The minimum Gasteiger partial charge on any atom is -0.466 e. The summed E-state index contributed by atoms with van der Waals surface area (Å²) in [7, 11) is 0. The quantitative estimate of drug-likeness (QED) is 0.527. The molecule has 0 bridgehead atoms. The lowest BCUT2D eigenvalue weighted by Crippen LogP contribution is -2.26. The van der Waals surface area contributed by atoms with Crippen molar-refractivity contribution in [1.29, 1.82) is 0 Å². The van der Waals surface area contributed by atoms with E-state index in [1.165, 1.54) is 0 Å². The van der Waals surface area contributed by atoms with Crippen LogP contribution in [0.1, 0.15) is 32.6 Å². The summed E-state index contributed by atoms with van der Waals surface area (Å²) in [6, 6.07) is 0. The number of hydrogen-bond acceptors (Lipinski definition) is 3. The average Bonchev–Trinajstić information content (AvgIpc) is 2.21. The minimum absolute atomic E-state index is 0.125. The highest BCUT2D eigenvalue weighted by atomic mass is 16.5. The Balaban J connectivity index is 2.41. The molecule has 0 aromatic carbocycles. The second-order valence-electron chi connectivity index (χ2n) is 3.95. The third kappa shape index (κ3) is 3.50. The summed E-state index contributed by atoms with van der Waals surface area (Å²) in [5, 5.41) is 0. The lowest BCUT2D eigenvalue weighted by molar-refractivity contribution is -0.146. The normalized spacial score (nSPS) is 26.1. The molecule has 1 fully saturated rings. The van der Waals surface area contributed by atoms with Crippen LogP contribution in [0, 0.1) is 11.8 Å². The van der Waals surface area contributed by atoms with Crippen molar-refractivity contribution in [2.24, 2.45) is 11.8 Å². The van der Waals surface area contributed by atoms with Gasteiger partial charge in [-0.1, -0.05) is 6.08 Å². The summed E-state index contributed by atoms with van der Waals surface area (Å²) >= 11 is 0. The van der Waals surface area contributed by atoms with Crippen molar-refractivity contribution in [3.05, 3.63) is 12.7 Å². The molecule has 0 N–H and O–H groups in total. The summed E-state index contributed by atoms with van der Waals surface area (Å²) < 4.78 is 4.83. The van der Waals surface area contributed by atoms with Crippen molar-refractivity contribution in [2.45, 2.75) is 32.6 Å². The Labute approximate surface area is 90.5 Å². The van der Waals surface area contributed by atoms with Crippen LogP contribution in [-0.2, 0) is 14.3 Å². The number of carbonyl (C=O) groups excluding carboxylic acids is 2. The number of esters is 1. The van der Waals surface area contributed by atoms with Crippen molar-refractivity contribution in [3.63, 3.8) is 0 Å². The Bertz CT molecular complexity index is 258. The van der Waals surface area contributed by atoms with Gasteiger partial charge in [0, 0.05) is 12.3 Å². The van der Waals surface area contributed by atoms with E-state index in [0.29, 0.717) is 18.9 Å². The van der Waals surface area contributed by atoms with Gasteiger partial charge in [-0.3, -0.25) is 9.59 Å². The number of carbonyl (C=O) groups is 2. The van der Waals surface area contributed by atoms with Crippen molar-refractivity contribution in [3.8, 4) is 0 Å². The van der Waals surface area contributed by atoms with Crippen LogP contribution in [0.3, 0.4) is 0 Å². The van der Waals surface area contributed by atoms with Gasteiger partial charge in [-0.2, -0.15) is 0 Å². The molecule has 84 valence electrons. The number of hydrogen-bond donors (Lipinski definition) is 0. The van der Waals surface area contributed by atoms with Gasteiger partial charge >= 0.3 is 5.97 Å². The van der Waals surface area contributed by atoms with E-state index in [0.717, 1.165) is 12.8 Å². The highest BCUT2D eigenvalue weighted by molar-refractivity contribution is 5.86. The van der Waals surface area contributed by atoms with Gasteiger partial charge in [-0.15, -0.1) is 6.58 Å². The van der Waals surface area contributed by atoms with Crippen molar-refractivity contribution in [2.75, 3.05) is 6.61 Å². The lowest BCUT2D eigenvalue weighted by Gasteiger charge is -2.24. The Hall–Kier alpha value is -1.12. The molecule has 15 heavy (non-hydrogen) atoms. The van der Waals surface area contributed by atoms with Crippen LogP contribution in [0.5, 0.6) is 0 Å². The second kappa shape index (κ2) is 5.69. The maximum Gasteiger partial charge on any atom is 0.306 e. The maximum absolute atomic E-state index is 11.6. The minimum atomic E-state index is -0.257. The first-order valence-electron chi connectivity index (χ1n) is 5.48. The lowest BCUT2D eigenvalue weighted by atomic mass is 9.79. The molecule has 0 aromatic rings. The molecule has 0 saturated heterocycles. The van der Waals surface area contributed by atoms with Gasteiger partial charge in [0.1, 0.15) is 5.78 Å². The molecule has 0 radical (unpaired) electrons. The molecule has 0 unspecified atom stereocenters. The second-order valence-corrected chi connectivity index (χ2v) is 3.95. The van der Waals surface area contributed by atoms with Gasteiger partial charge in [0.25, 0.3) is 0 Å². The number of ether oxygens (including phenoxy) is 1. The average molecular weight is 210 g/mol. The highest BCUT2D eigenvalue weighted by Crippen LogP contribution is 2.28. The van der Waals surface area contributed by atoms with Crippen LogP contribution < -0.4 is 0 Å². The van der Waals surface area contributed by atoms with Crippen LogP contribution in [0.15, 0.2) is 12.7 Å². The molecule has 0 amide bonds. The molecule has 0 spiro atoms. The zero-order chi connectivity index (χ0) is 11.3.